The number of carbonyl (C=O) groups is 3. The summed E-state index contributed by atoms with van der Waals surface area (Å²) in [5.74, 6) is -2.03. The van der Waals surface area contributed by atoms with Crippen LogP contribution in [0.15, 0.2) is 18.2 Å². The number of hydrogen-bond donors (Lipinski definition) is 2. The van der Waals surface area contributed by atoms with Crippen LogP contribution in [0.2, 0.25) is 0 Å². The highest BCUT2D eigenvalue weighted by Crippen LogP contribution is 2.13. The molecule has 5 heteroatoms. The first-order chi connectivity index (χ1) is 8.36. The normalized spacial score (nSPS) is 10.1. The summed E-state index contributed by atoms with van der Waals surface area (Å²) < 4.78 is 0. The van der Waals surface area contributed by atoms with Crippen molar-refractivity contribution in [2.75, 3.05) is 0 Å². The largest absolute Gasteiger partial charge is 0.481 e. The average Bonchev–Trinajstić information content (AvgIpc) is 2.12. The van der Waals surface area contributed by atoms with Gasteiger partial charge in [-0.2, -0.15) is 0 Å². The first kappa shape index (κ1) is 13.9. The minimum Gasteiger partial charge on any atom is -0.481 e. The number of benzene rings is 1. The second-order valence-electron chi connectivity index (χ2n) is 4.18. The van der Waals surface area contributed by atoms with Crippen LogP contribution in [0, 0.1) is 0 Å². The van der Waals surface area contributed by atoms with E-state index in [-0.39, 0.29) is 25.0 Å². The third-order valence-corrected chi connectivity index (χ3v) is 2.28. The highest BCUT2D eigenvalue weighted by molar-refractivity contribution is 5.79. The Balaban J connectivity index is 3.06. The Bertz CT molecular complexity index is 406. The number of Topliss-reactive ketones (excluding diaryl/α,β-unsaturated/α-hetero) is 1. The summed E-state index contributed by atoms with van der Waals surface area (Å²) >= 11 is 0. The maximum absolute atomic E-state index is 11.0. The minimum absolute atomic E-state index is 0.0521. The van der Waals surface area contributed by atoms with Crippen LogP contribution >= 0.6 is 0 Å². The van der Waals surface area contributed by atoms with Gasteiger partial charge in [-0.15, -0.1) is 0 Å². The zero-order valence-corrected chi connectivity index (χ0v) is 9.97. The summed E-state index contributed by atoms with van der Waals surface area (Å²) in [4.78, 5) is 32.4. The third-order valence-electron chi connectivity index (χ3n) is 2.28. The topological polar surface area (TPSA) is 91.7 Å². The Morgan fingerprint density at radius 2 is 1.17 bits per heavy atom. The number of carboxylic acid groups (broad SMARTS) is 2. The first-order valence-corrected chi connectivity index (χ1v) is 5.41. The molecular formula is C13H14O5. The maximum Gasteiger partial charge on any atom is 0.307 e. The molecule has 0 aliphatic heterocycles. The number of carbonyl (C=O) groups excluding carboxylic acids is 1. The smallest absolute Gasteiger partial charge is 0.307 e. The third kappa shape index (κ3) is 4.78. The molecule has 1 aromatic carbocycles. The molecule has 0 atom stereocenters. The van der Waals surface area contributed by atoms with Crippen molar-refractivity contribution >= 4 is 17.7 Å². The van der Waals surface area contributed by atoms with Crippen LogP contribution in [0.5, 0.6) is 0 Å². The lowest BCUT2D eigenvalue weighted by Crippen LogP contribution is -2.06. The zero-order chi connectivity index (χ0) is 13.7. The van der Waals surface area contributed by atoms with Crippen molar-refractivity contribution in [3.8, 4) is 0 Å². The van der Waals surface area contributed by atoms with Gasteiger partial charge in [-0.3, -0.25) is 14.4 Å². The Morgan fingerprint density at radius 1 is 0.833 bits per heavy atom. The van der Waals surface area contributed by atoms with E-state index in [0.717, 1.165) is 0 Å². The van der Waals surface area contributed by atoms with Gasteiger partial charge in [0.05, 0.1) is 12.8 Å². The molecule has 1 rings (SSSR count). The van der Waals surface area contributed by atoms with Gasteiger partial charge in [-0.05, 0) is 23.6 Å². The van der Waals surface area contributed by atoms with Gasteiger partial charge < -0.3 is 10.2 Å². The van der Waals surface area contributed by atoms with E-state index in [1.165, 1.54) is 6.92 Å². The molecule has 0 unspecified atom stereocenters. The van der Waals surface area contributed by atoms with Crippen LogP contribution in [-0.2, 0) is 33.6 Å². The molecule has 2 N–H and O–H groups in total. The van der Waals surface area contributed by atoms with E-state index in [4.69, 9.17) is 10.2 Å². The molecule has 0 heterocycles. The summed E-state index contributed by atoms with van der Waals surface area (Å²) in [6.45, 7) is 1.43. The molecule has 0 aromatic heterocycles. The molecule has 0 radical (unpaired) electrons. The standard InChI is InChI=1S/C13H14O5/c1-8(14)2-9-3-10(6-12(15)16)5-11(4-9)7-13(17)18/h3-5H,2,6-7H2,1H3,(H,15,16)(H,17,18). The zero-order valence-electron chi connectivity index (χ0n) is 9.97. The lowest BCUT2D eigenvalue weighted by Gasteiger charge is -2.06. The van der Waals surface area contributed by atoms with Gasteiger partial charge in [0.15, 0.2) is 0 Å². The monoisotopic (exact) mass is 250 g/mol. The fraction of sp³-hybridized carbons (Fsp3) is 0.308. The first-order valence-electron chi connectivity index (χ1n) is 5.41. The van der Waals surface area contributed by atoms with Crippen LogP contribution in [0.3, 0.4) is 0 Å². The molecule has 96 valence electrons. The Hall–Kier alpha value is -2.17. The molecule has 0 aliphatic rings. The molecular weight excluding hydrogens is 236 g/mol. The molecule has 0 bridgehead atoms. The van der Waals surface area contributed by atoms with Gasteiger partial charge in [0.25, 0.3) is 0 Å². The Morgan fingerprint density at radius 3 is 1.44 bits per heavy atom. The summed E-state index contributed by atoms with van der Waals surface area (Å²) in [5.41, 5.74) is 1.67. The van der Waals surface area contributed by atoms with Gasteiger partial charge in [-0.25, -0.2) is 0 Å². The van der Waals surface area contributed by atoms with E-state index < -0.39 is 11.9 Å². The predicted molar refractivity (Wildman–Crippen MR) is 63.5 cm³/mol. The van der Waals surface area contributed by atoms with Crippen molar-refractivity contribution in [2.45, 2.75) is 26.2 Å². The van der Waals surface area contributed by atoms with Crippen LogP contribution in [-0.4, -0.2) is 27.9 Å². The molecule has 0 fully saturated rings. The van der Waals surface area contributed by atoms with E-state index in [1.54, 1.807) is 18.2 Å². The van der Waals surface area contributed by atoms with Crippen molar-refractivity contribution in [2.24, 2.45) is 0 Å². The lowest BCUT2D eigenvalue weighted by atomic mass is 9.99. The van der Waals surface area contributed by atoms with Gasteiger partial charge in [-0.1, -0.05) is 18.2 Å². The summed E-state index contributed by atoms with van der Waals surface area (Å²) in [5, 5.41) is 17.5. The van der Waals surface area contributed by atoms with E-state index in [0.29, 0.717) is 16.7 Å². The van der Waals surface area contributed by atoms with E-state index in [9.17, 15) is 14.4 Å². The molecule has 1 aromatic rings. The van der Waals surface area contributed by atoms with Gasteiger partial charge >= 0.3 is 11.9 Å². The molecule has 0 saturated heterocycles. The Labute approximate surface area is 104 Å². The predicted octanol–water partition coefficient (Wildman–Crippen LogP) is 1.07. The van der Waals surface area contributed by atoms with E-state index >= 15 is 0 Å². The fourth-order valence-electron chi connectivity index (χ4n) is 1.78. The summed E-state index contributed by atoms with van der Waals surface area (Å²) in [7, 11) is 0. The second-order valence-corrected chi connectivity index (χ2v) is 4.18. The minimum atomic E-state index is -0.990. The van der Waals surface area contributed by atoms with Crippen molar-refractivity contribution in [1.82, 2.24) is 0 Å². The molecule has 0 spiro atoms. The quantitative estimate of drug-likeness (QED) is 0.788. The fourth-order valence-corrected chi connectivity index (χ4v) is 1.78. The van der Waals surface area contributed by atoms with Crippen LogP contribution in [0.4, 0.5) is 0 Å². The highest BCUT2D eigenvalue weighted by atomic mass is 16.4. The lowest BCUT2D eigenvalue weighted by molar-refractivity contribution is -0.137. The number of rotatable bonds is 6. The van der Waals surface area contributed by atoms with Crippen molar-refractivity contribution in [3.05, 3.63) is 34.9 Å². The highest BCUT2D eigenvalue weighted by Gasteiger charge is 2.08. The van der Waals surface area contributed by atoms with Gasteiger partial charge in [0.2, 0.25) is 0 Å². The van der Waals surface area contributed by atoms with Crippen molar-refractivity contribution in [3.63, 3.8) is 0 Å². The van der Waals surface area contributed by atoms with Gasteiger partial charge in [0.1, 0.15) is 5.78 Å². The molecule has 5 nitrogen and oxygen atoms in total. The van der Waals surface area contributed by atoms with Crippen LogP contribution < -0.4 is 0 Å². The second kappa shape index (κ2) is 5.95. The van der Waals surface area contributed by atoms with Crippen molar-refractivity contribution in [1.29, 1.82) is 0 Å². The number of hydrogen-bond acceptors (Lipinski definition) is 3. The SMILES string of the molecule is CC(=O)Cc1cc(CC(=O)O)cc(CC(=O)O)c1. The molecule has 0 amide bonds. The van der Waals surface area contributed by atoms with E-state index in [2.05, 4.69) is 0 Å². The van der Waals surface area contributed by atoms with Crippen molar-refractivity contribution < 1.29 is 24.6 Å². The Kier molecular flexibility index (Phi) is 4.59. The van der Waals surface area contributed by atoms with E-state index in [1.807, 2.05) is 0 Å². The van der Waals surface area contributed by atoms with Gasteiger partial charge in [0, 0.05) is 6.42 Å². The number of ketones is 1. The molecule has 0 saturated carbocycles. The summed E-state index contributed by atoms with van der Waals surface area (Å²) in [6.07, 6.45) is -0.184. The van der Waals surface area contributed by atoms with Crippen LogP contribution in [0.1, 0.15) is 23.6 Å². The number of aliphatic carboxylic acids is 2. The summed E-state index contributed by atoms with van der Waals surface area (Å²) in [6, 6.07) is 4.80. The molecule has 0 aliphatic carbocycles. The van der Waals surface area contributed by atoms with Crippen LogP contribution in [0.25, 0.3) is 0 Å². The number of carboxylic acids is 2. The average molecular weight is 250 g/mol. The maximum atomic E-state index is 11.0. The molecule has 18 heavy (non-hydrogen) atoms.